The number of carbonyl (C=O) groups excluding carboxylic acids is 1. The third-order valence-corrected chi connectivity index (χ3v) is 6.67. The summed E-state index contributed by atoms with van der Waals surface area (Å²) in [6.07, 6.45) is 6.35. The maximum Gasteiger partial charge on any atom is 0.158 e. The fourth-order valence-corrected chi connectivity index (χ4v) is 5.52. The Hall–Kier alpha value is -0.370. The van der Waals surface area contributed by atoms with E-state index in [0.29, 0.717) is 29.1 Å². The summed E-state index contributed by atoms with van der Waals surface area (Å²) >= 11 is 0. The SMILES string of the molecule is CC(=O)C(O)C[C@H]1[C@@H](C)CCC2C(C)(C)CCC[C@@]21C. The number of hydrogen-bond donors (Lipinski definition) is 1. The van der Waals surface area contributed by atoms with Gasteiger partial charge in [-0.3, -0.25) is 4.79 Å². The van der Waals surface area contributed by atoms with Crippen LogP contribution in [0.3, 0.4) is 0 Å². The topological polar surface area (TPSA) is 37.3 Å². The van der Waals surface area contributed by atoms with Crippen molar-refractivity contribution in [1.29, 1.82) is 0 Å². The zero-order valence-corrected chi connectivity index (χ0v) is 13.9. The molecule has 0 aromatic heterocycles. The molecule has 0 aromatic carbocycles. The lowest BCUT2D eigenvalue weighted by atomic mass is 9.46. The summed E-state index contributed by atoms with van der Waals surface area (Å²) in [6.45, 7) is 11.1. The number of hydrogen-bond acceptors (Lipinski definition) is 2. The first-order chi connectivity index (χ1) is 9.18. The van der Waals surface area contributed by atoms with E-state index in [1.54, 1.807) is 0 Å². The molecule has 2 heteroatoms. The third-order valence-electron chi connectivity index (χ3n) is 6.67. The molecule has 2 nitrogen and oxygen atoms in total. The Labute approximate surface area is 124 Å². The second-order valence-corrected chi connectivity index (χ2v) is 8.42. The van der Waals surface area contributed by atoms with Crippen molar-refractivity contribution >= 4 is 5.78 Å². The third kappa shape index (κ3) is 2.68. The van der Waals surface area contributed by atoms with Crippen molar-refractivity contribution in [3.63, 3.8) is 0 Å². The molecule has 0 bridgehead atoms. The highest BCUT2D eigenvalue weighted by molar-refractivity contribution is 5.80. The Morgan fingerprint density at radius 3 is 2.50 bits per heavy atom. The molecule has 0 spiro atoms. The van der Waals surface area contributed by atoms with Crippen LogP contribution in [0, 0.1) is 28.6 Å². The summed E-state index contributed by atoms with van der Waals surface area (Å²) < 4.78 is 0. The van der Waals surface area contributed by atoms with E-state index >= 15 is 0 Å². The summed E-state index contributed by atoms with van der Waals surface area (Å²) in [5.74, 6) is 1.78. The van der Waals surface area contributed by atoms with Gasteiger partial charge in [-0.05, 0) is 61.2 Å². The largest absolute Gasteiger partial charge is 0.385 e. The number of ketones is 1. The van der Waals surface area contributed by atoms with Crippen molar-refractivity contribution in [1.82, 2.24) is 0 Å². The maximum atomic E-state index is 11.5. The predicted octanol–water partition coefficient (Wildman–Crippen LogP) is 4.21. The molecule has 5 atom stereocenters. The van der Waals surface area contributed by atoms with Gasteiger partial charge in [-0.25, -0.2) is 0 Å². The van der Waals surface area contributed by atoms with Crippen LogP contribution in [0.25, 0.3) is 0 Å². The lowest BCUT2D eigenvalue weighted by Crippen LogP contribution is -2.52. The van der Waals surface area contributed by atoms with Gasteiger partial charge in [0.25, 0.3) is 0 Å². The van der Waals surface area contributed by atoms with Gasteiger partial charge in [0.05, 0.1) is 0 Å². The van der Waals surface area contributed by atoms with Gasteiger partial charge >= 0.3 is 0 Å². The zero-order valence-electron chi connectivity index (χ0n) is 13.9. The monoisotopic (exact) mass is 280 g/mol. The Bertz CT molecular complexity index is 374. The van der Waals surface area contributed by atoms with Crippen molar-refractivity contribution in [3.8, 4) is 0 Å². The van der Waals surface area contributed by atoms with Gasteiger partial charge in [-0.2, -0.15) is 0 Å². The van der Waals surface area contributed by atoms with Crippen LogP contribution in [-0.4, -0.2) is 17.0 Å². The minimum absolute atomic E-state index is 0.0713. The molecule has 0 radical (unpaired) electrons. The molecule has 0 saturated heterocycles. The van der Waals surface area contributed by atoms with Gasteiger partial charge in [0, 0.05) is 0 Å². The number of carbonyl (C=O) groups is 1. The van der Waals surface area contributed by atoms with Gasteiger partial charge in [0.1, 0.15) is 6.10 Å². The standard InChI is InChI=1S/C18H32O2/c1-12-7-8-16-17(3,4)9-6-10-18(16,5)14(12)11-15(20)13(2)19/h12,14-16,20H,6-11H2,1-5H3/t12-,14-,15?,16?,18+/m0/s1. The molecule has 0 aliphatic heterocycles. The summed E-state index contributed by atoms with van der Waals surface area (Å²) in [5.41, 5.74) is 0.711. The van der Waals surface area contributed by atoms with Crippen molar-refractivity contribution in [3.05, 3.63) is 0 Å². The molecule has 2 aliphatic carbocycles. The molecule has 1 N–H and O–H groups in total. The minimum Gasteiger partial charge on any atom is -0.385 e. The summed E-state index contributed by atoms with van der Waals surface area (Å²) in [4.78, 5) is 11.5. The van der Waals surface area contributed by atoms with E-state index in [1.807, 2.05) is 0 Å². The molecule has 0 aromatic rings. The smallest absolute Gasteiger partial charge is 0.158 e. The maximum absolute atomic E-state index is 11.5. The first-order valence-electron chi connectivity index (χ1n) is 8.37. The Morgan fingerprint density at radius 2 is 1.90 bits per heavy atom. The second kappa shape index (κ2) is 5.44. The summed E-state index contributed by atoms with van der Waals surface area (Å²) in [6, 6.07) is 0. The van der Waals surface area contributed by atoms with Gasteiger partial charge in [-0.15, -0.1) is 0 Å². The molecule has 0 heterocycles. The molecular weight excluding hydrogens is 248 g/mol. The highest BCUT2D eigenvalue weighted by atomic mass is 16.3. The first-order valence-corrected chi connectivity index (χ1v) is 8.37. The highest BCUT2D eigenvalue weighted by Crippen LogP contribution is 2.61. The van der Waals surface area contributed by atoms with Crippen molar-refractivity contribution in [2.24, 2.45) is 28.6 Å². The van der Waals surface area contributed by atoms with E-state index in [0.717, 1.165) is 5.92 Å². The van der Waals surface area contributed by atoms with E-state index in [9.17, 15) is 9.90 Å². The molecule has 2 saturated carbocycles. The van der Waals surface area contributed by atoms with Crippen LogP contribution >= 0.6 is 0 Å². The van der Waals surface area contributed by atoms with Crippen LogP contribution in [0.1, 0.15) is 73.1 Å². The van der Waals surface area contributed by atoms with Gasteiger partial charge in [0.15, 0.2) is 5.78 Å². The van der Waals surface area contributed by atoms with Gasteiger partial charge in [-0.1, -0.05) is 40.5 Å². The van der Waals surface area contributed by atoms with E-state index in [2.05, 4.69) is 27.7 Å². The highest BCUT2D eigenvalue weighted by Gasteiger charge is 2.53. The fourth-order valence-electron chi connectivity index (χ4n) is 5.52. The van der Waals surface area contributed by atoms with E-state index < -0.39 is 6.10 Å². The number of aliphatic hydroxyl groups excluding tert-OH is 1. The molecular formula is C18H32O2. The van der Waals surface area contributed by atoms with Crippen LogP contribution in [0.5, 0.6) is 0 Å². The number of fused-ring (bicyclic) bond motifs is 1. The van der Waals surface area contributed by atoms with Crippen molar-refractivity contribution in [2.45, 2.75) is 79.2 Å². The fraction of sp³-hybridized carbons (Fsp3) is 0.944. The van der Waals surface area contributed by atoms with Crippen LogP contribution in [0.15, 0.2) is 0 Å². The van der Waals surface area contributed by atoms with Gasteiger partial charge < -0.3 is 5.11 Å². The molecule has 20 heavy (non-hydrogen) atoms. The molecule has 0 amide bonds. The number of rotatable bonds is 3. The Kier molecular flexibility index (Phi) is 4.35. The molecule has 2 unspecified atom stereocenters. The second-order valence-electron chi connectivity index (χ2n) is 8.42. The lowest BCUT2D eigenvalue weighted by molar-refractivity contribution is -0.132. The van der Waals surface area contributed by atoms with Crippen molar-refractivity contribution < 1.29 is 9.90 Å². The van der Waals surface area contributed by atoms with E-state index in [1.165, 1.54) is 39.0 Å². The molecule has 2 fully saturated rings. The lowest BCUT2D eigenvalue weighted by Gasteiger charge is -2.59. The number of Topliss-reactive ketones (excluding diaryl/α,β-unsaturated/α-hetero) is 1. The molecule has 2 aliphatic rings. The van der Waals surface area contributed by atoms with Crippen molar-refractivity contribution in [2.75, 3.05) is 0 Å². The summed E-state index contributed by atoms with van der Waals surface area (Å²) in [7, 11) is 0. The average Bonchev–Trinajstić information content (AvgIpc) is 2.32. The van der Waals surface area contributed by atoms with Crippen LogP contribution in [-0.2, 0) is 4.79 Å². The quantitative estimate of drug-likeness (QED) is 0.841. The Morgan fingerprint density at radius 1 is 1.25 bits per heavy atom. The van der Waals surface area contributed by atoms with Crippen LogP contribution in [0.4, 0.5) is 0 Å². The van der Waals surface area contributed by atoms with E-state index in [-0.39, 0.29) is 5.78 Å². The minimum atomic E-state index is -0.761. The number of aliphatic hydroxyl groups is 1. The van der Waals surface area contributed by atoms with E-state index in [4.69, 9.17) is 0 Å². The Balaban J connectivity index is 2.26. The first kappa shape index (κ1) is 16.0. The molecule has 2 rings (SSSR count). The predicted molar refractivity (Wildman–Crippen MR) is 82.4 cm³/mol. The van der Waals surface area contributed by atoms with Crippen LogP contribution in [0.2, 0.25) is 0 Å². The molecule has 116 valence electrons. The average molecular weight is 280 g/mol. The zero-order chi connectivity index (χ0) is 15.1. The van der Waals surface area contributed by atoms with Crippen LogP contribution < -0.4 is 0 Å². The summed E-state index contributed by atoms with van der Waals surface area (Å²) in [5, 5.41) is 10.1. The van der Waals surface area contributed by atoms with Gasteiger partial charge in [0.2, 0.25) is 0 Å². The normalized spacial score (nSPS) is 41.8.